The van der Waals surface area contributed by atoms with Crippen molar-refractivity contribution in [2.24, 2.45) is 0 Å². The summed E-state index contributed by atoms with van der Waals surface area (Å²) in [5.41, 5.74) is 0.772. The fourth-order valence-electron chi connectivity index (χ4n) is 2.21. The Morgan fingerprint density at radius 2 is 1.88 bits per heavy atom. The molecule has 0 aliphatic carbocycles. The Kier molecular flexibility index (Phi) is 5.02. The summed E-state index contributed by atoms with van der Waals surface area (Å²) >= 11 is 0. The van der Waals surface area contributed by atoms with Crippen LogP contribution in [0.15, 0.2) is 42.9 Å². The standard InChI is InChI=1S/C16H15FN6O3/c17-12-3-1-11(2-4-12)9-23-10-18-16(21-23)19-14(24)6-8-22-7-5-13(20-22)15(25)26/h1-5,7,10H,6,8-9H2,(H,25,26)(H,19,21,24). The number of nitrogens with zero attached hydrogens (tertiary/aromatic N) is 5. The monoisotopic (exact) mass is 358 g/mol. The lowest BCUT2D eigenvalue weighted by atomic mass is 10.2. The van der Waals surface area contributed by atoms with Crippen LogP contribution >= 0.6 is 0 Å². The third-order valence-electron chi connectivity index (χ3n) is 3.47. The van der Waals surface area contributed by atoms with E-state index in [2.05, 4.69) is 20.5 Å². The third-order valence-corrected chi connectivity index (χ3v) is 3.47. The van der Waals surface area contributed by atoms with Crippen LogP contribution in [0.2, 0.25) is 0 Å². The van der Waals surface area contributed by atoms with Crippen molar-refractivity contribution >= 4 is 17.8 Å². The highest BCUT2D eigenvalue weighted by Gasteiger charge is 2.10. The van der Waals surface area contributed by atoms with Gasteiger partial charge in [-0.1, -0.05) is 12.1 Å². The maximum Gasteiger partial charge on any atom is 0.356 e. The largest absolute Gasteiger partial charge is 0.476 e. The number of hydrogen-bond donors (Lipinski definition) is 2. The van der Waals surface area contributed by atoms with Crippen molar-refractivity contribution in [2.45, 2.75) is 19.5 Å². The van der Waals surface area contributed by atoms with Crippen LogP contribution in [0.5, 0.6) is 0 Å². The van der Waals surface area contributed by atoms with Crippen molar-refractivity contribution in [3.8, 4) is 0 Å². The van der Waals surface area contributed by atoms with Gasteiger partial charge in [0.25, 0.3) is 0 Å². The minimum Gasteiger partial charge on any atom is -0.476 e. The van der Waals surface area contributed by atoms with E-state index in [4.69, 9.17) is 5.11 Å². The van der Waals surface area contributed by atoms with Crippen molar-refractivity contribution in [1.29, 1.82) is 0 Å². The number of benzene rings is 1. The summed E-state index contributed by atoms with van der Waals surface area (Å²) in [7, 11) is 0. The predicted octanol–water partition coefficient (Wildman–Crippen LogP) is 1.39. The van der Waals surface area contributed by atoms with Crippen molar-refractivity contribution in [1.82, 2.24) is 24.5 Å². The number of rotatable bonds is 7. The summed E-state index contributed by atoms with van der Waals surface area (Å²) in [6.45, 7) is 0.629. The molecule has 0 aliphatic heterocycles. The molecule has 0 radical (unpaired) electrons. The number of amides is 1. The summed E-state index contributed by atoms with van der Waals surface area (Å²) in [4.78, 5) is 26.7. The van der Waals surface area contributed by atoms with E-state index < -0.39 is 5.97 Å². The van der Waals surface area contributed by atoms with Crippen LogP contribution < -0.4 is 5.32 Å². The predicted molar refractivity (Wildman–Crippen MR) is 88.0 cm³/mol. The number of carbonyl (C=O) groups is 2. The maximum absolute atomic E-state index is 12.9. The van der Waals surface area contributed by atoms with Crippen LogP contribution in [0, 0.1) is 5.82 Å². The first-order valence-electron chi connectivity index (χ1n) is 7.70. The zero-order valence-electron chi connectivity index (χ0n) is 13.5. The van der Waals surface area contributed by atoms with E-state index in [9.17, 15) is 14.0 Å². The van der Waals surface area contributed by atoms with Gasteiger partial charge in [0, 0.05) is 19.2 Å². The minimum absolute atomic E-state index is 0.0772. The van der Waals surface area contributed by atoms with Crippen LogP contribution in [-0.2, 0) is 17.9 Å². The van der Waals surface area contributed by atoms with Crippen LogP contribution in [-0.4, -0.2) is 41.5 Å². The lowest BCUT2D eigenvalue weighted by molar-refractivity contribution is -0.116. The van der Waals surface area contributed by atoms with E-state index in [1.54, 1.807) is 12.1 Å². The molecule has 0 aliphatic rings. The Bertz CT molecular complexity index is 918. The number of nitrogens with one attached hydrogen (secondary N) is 1. The summed E-state index contributed by atoms with van der Waals surface area (Å²) in [5, 5.41) is 19.3. The average molecular weight is 358 g/mol. The quantitative estimate of drug-likeness (QED) is 0.659. The van der Waals surface area contributed by atoms with Gasteiger partial charge < -0.3 is 5.11 Å². The molecule has 0 bridgehead atoms. The number of anilines is 1. The van der Waals surface area contributed by atoms with Gasteiger partial charge in [0.2, 0.25) is 11.9 Å². The molecule has 26 heavy (non-hydrogen) atoms. The number of carbonyl (C=O) groups excluding carboxylic acids is 1. The summed E-state index contributed by atoms with van der Waals surface area (Å²) < 4.78 is 15.8. The first-order chi connectivity index (χ1) is 12.5. The molecule has 0 unspecified atom stereocenters. The topological polar surface area (TPSA) is 115 Å². The van der Waals surface area contributed by atoms with Crippen molar-refractivity contribution in [2.75, 3.05) is 5.32 Å². The first kappa shape index (κ1) is 17.3. The molecule has 2 heterocycles. The van der Waals surface area contributed by atoms with Crippen molar-refractivity contribution in [3.63, 3.8) is 0 Å². The molecule has 0 saturated carbocycles. The summed E-state index contributed by atoms with van der Waals surface area (Å²) in [5.74, 6) is -1.60. The summed E-state index contributed by atoms with van der Waals surface area (Å²) in [6, 6.07) is 7.37. The van der Waals surface area contributed by atoms with E-state index in [-0.39, 0.29) is 36.3 Å². The molecule has 1 amide bonds. The smallest absolute Gasteiger partial charge is 0.356 e. The highest BCUT2D eigenvalue weighted by molar-refractivity contribution is 5.88. The summed E-state index contributed by atoms with van der Waals surface area (Å²) in [6.07, 6.45) is 3.05. The molecule has 9 nitrogen and oxygen atoms in total. The van der Waals surface area contributed by atoms with Gasteiger partial charge in [-0.25, -0.2) is 18.9 Å². The second-order valence-electron chi connectivity index (χ2n) is 5.46. The molecule has 0 saturated heterocycles. The molecule has 3 aromatic rings. The van der Waals surface area contributed by atoms with Crippen LogP contribution in [0.3, 0.4) is 0 Å². The normalized spacial score (nSPS) is 10.7. The molecular formula is C16H15FN6O3. The van der Waals surface area contributed by atoms with Gasteiger partial charge >= 0.3 is 5.97 Å². The first-order valence-corrected chi connectivity index (χ1v) is 7.70. The Labute approximate surface area is 147 Å². The van der Waals surface area contributed by atoms with Crippen molar-refractivity contribution < 1.29 is 19.1 Å². The van der Waals surface area contributed by atoms with Crippen LogP contribution in [0.25, 0.3) is 0 Å². The SMILES string of the molecule is O=C(CCn1ccc(C(=O)O)n1)Nc1ncn(Cc2ccc(F)cc2)n1. The van der Waals surface area contributed by atoms with Crippen LogP contribution in [0.1, 0.15) is 22.5 Å². The fourth-order valence-corrected chi connectivity index (χ4v) is 2.21. The number of aromatic nitrogens is 5. The fraction of sp³-hybridized carbons (Fsp3) is 0.188. The molecule has 134 valence electrons. The molecule has 0 atom stereocenters. The van der Waals surface area contributed by atoms with E-state index in [0.717, 1.165) is 5.56 Å². The van der Waals surface area contributed by atoms with Gasteiger partial charge in [-0.2, -0.15) is 5.10 Å². The van der Waals surface area contributed by atoms with Crippen molar-refractivity contribution in [3.05, 3.63) is 59.9 Å². The number of hydrogen-bond acceptors (Lipinski definition) is 5. The second-order valence-corrected chi connectivity index (χ2v) is 5.46. The molecule has 0 spiro atoms. The second kappa shape index (κ2) is 7.55. The number of aromatic carboxylic acids is 1. The Morgan fingerprint density at radius 1 is 1.12 bits per heavy atom. The zero-order chi connectivity index (χ0) is 18.5. The van der Waals surface area contributed by atoms with Gasteiger partial charge in [-0.3, -0.25) is 14.8 Å². The number of halogens is 1. The average Bonchev–Trinajstić information content (AvgIpc) is 3.25. The molecular weight excluding hydrogens is 343 g/mol. The number of carboxylic acid groups (broad SMARTS) is 1. The van der Waals surface area contributed by atoms with Gasteiger partial charge in [0.05, 0.1) is 6.54 Å². The maximum atomic E-state index is 12.9. The minimum atomic E-state index is -1.12. The highest BCUT2D eigenvalue weighted by atomic mass is 19.1. The highest BCUT2D eigenvalue weighted by Crippen LogP contribution is 2.06. The number of aryl methyl sites for hydroxylation is 1. The Morgan fingerprint density at radius 3 is 2.58 bits per heavy atom. The molecule has 2 N–H and O–H groups in total. The Hall–Kier alpha value is -3.56. The molecule has 1 aromatic carbocycles. The van der Waals surface area contributed by atoms with Gasteiger partial charge in [-0.05, 0) is 23.8 Å². The van der Waals surface area contributed by atoms with E-state index in [1.165, 1.54) is 40.1 Å². The van der Waals surface area contributed by atoms with Gasteiger partial charge in [0.15, 0.2) is 5.69 Å². The Balaban J connectivity index is 1.50. The molecule has 10 heteroatoms. The lowest BCUT2D eigenvalue weighted by Gasteiger charge is -2.02. The zero-order valence-corrected chi connectivity index (χ0v) is 13.5. The van der Waals surface area contributed by atoms with E-state index >= 15 is 0 Å². The lowest BCUT2D eigenvalue weighted by Crippen LogP contribution is -2.16. The van der Waals surface area contributed by atoms with E-state index in [0.29, 0.717) is 6.54 Å². The molecule has 0 fully saturated rings. The van der Waals surface area contributed by atoms with Gasteiger partial charge in [-0.15, -0.1) is 5.10 Å². The van der Waals surface area contributed by atoms with E-state index in [1.807, 2.05) is 0 Å². The number of carboxylic acids is 1. The molecule has 3 rings (SSSR count). The third kappa shape index (κ3) is 4.50. The van der Waals surface area contributed by atoms with Gasteiger partial charge in [0.1, 0.15) is 12.1 Å². The molecule has 2 aromatic heterocycles. The van der Waals surface area contributed by atoms with Crippen LogP contribution in [0.4, 0.5) is 10.3 Å².